The summed E-state index contributed by atoms with van der Waals surface area (Å²) in [6.07, 6.45) is 8.11. The van der Waals surface area contributed by atoms with Gasteiger partial charge in [0.15, 0.2) is 5.96 Å². The second-order valence-corrected chi connectivity index (χ2v) is 7.89. The number of hydrogen-bond donors (Lipinski definition) is 2. The molecule has 2 aliphatic carbocycles. The predicted octanol–water partition coefficient (Wildman–Crippen LogP) is 3.11. The third kappa shape index (κ3) is 4.17. The number of rotatable bonds is 5. The van der Waals surface area contributed by atoms with Crippen molar-refractivity contribution in [1.29, 1.82) is 0 Å². The Bertz CT molecular complexity index is 579. The Labute approximate surface area is 152 Å². The largest absolute Gasteiger partial charge is 0.353 e. The van der Waals surface area contributed by atoms with Gasteiger partial charge in [0.05, 0.1) is 0 Å². The van der Waals surface area contributed by atoms with E-state index < -0.39 is 0 Å². The van der Waals surface area contributed by atoms with Crippen molar-refractivity contribution in [3.8, 4) is 0 Å². The highest BCUT2D eigenvalue weighted by atomic mass is 15.3. The Morgan fingerprint density at radius 3 is 2.68 bits per heavy atom. The van der Waals surface area contributed by atoms with Crippen LogP contribution in [0.25, 0.3) is 0 Å². The monoisotopic (exact) mass is 340 g/mol. The fraction of sp³-hybridized carbons (Fsp3) is 0.667. The van der Waals surface area contributed by atoms with Crippen molar-refractivity contribution in [3.05, 3.63) is 35.9 Å². The first-order valence-corrected chi connectivity index (χ1v) is 10.2. The minimum atomic E-state index is 0.535. The lowest BCUT2D eigenvalue weighted by atomic mass is 10.1. The quantitative estimate of drug-likeness (QED) is 0.639. The average molecular weight is 341 g/mol. The molecule has 1 saturated heterocycles. The highest BCUT2D eigenvalue weighted by molar-refractivity contribution is 5.81. The summed E-state index contributed by atoms with van der Waals surface area (Å²) in [6, 6.07) is 12.8. The molecule has 1 aromatic carbocycles. The van der Waals surface area contributed by atoms with Gasteiger partial charge >= 0.3 is 0 Å². The van der Waals surface area contributed by atoms with Crippen LogP contribution in [0.1, 0.15) is 56.9 Å². The molecule has 3 unspecified atom stereocenters. The minimum Gasteiger partial charge on any atom is -0.353 e. The van der Waals surface area contributed by atoms with E-state index in [-0.39, 0.29) is 0 Å². The number of benzene rings is 1. The van der Waals surface area contributed by atoms with Gasteiger partial charge in [-0.05, 0) is 38.2 Å². The molecule has 25 heavy (non-hydrogen) atoms. The number of aliphatic imine (C=N–C) groups is 1. The summed E-state index contributed by atoms with van der Waals surface area (Å²) < 4.78 is 0. The van der Waals surface area contributed by atoms with Crippen molar-refractivity contribution in [3.63, 3.8) is 0 Å². The number of guanidine groups is 1. The normalized spacial score (nSPS) is 30.6. The molecule has 1 aromatic rings. The highest BCUT2D eigenvalue weighted by Crippen LogP contribution is 2.40. The maximum Gasteiger partial charge on any atom is 0.191 e. The molecule has 3 fully saturated rings. The van der Waals surface area contributed by atoms with Crippen LogP contribution in [0.4, 0.5) is 0 Å². The molecule has 0 aromatic heterocycles. The van der Waals surface area contributed by atoms with E-state index >= 15 is 0 Å². The van der Waals surface area contributed by atoms with E-state index in [0.717, 1.165) is 18.5 Å². The maximum absolute atomic E-state index is 4.69. The van der Waals surface area contributed by atoms with Gasteiger partial charge in [0.1, 0.15) is 0 Å². The molecule has 4 nitrogen and oxygen atoms in total. The van der Waals surface area contributed by atoms with E-state index in [9.17, 15) is 0 Å². The van der Waals surface area contributed by atoms with Crippen LogP contribution in [0.3, 0.4) is 0 Å². The van der Waals surface area contributed by atoms with Gasteiger partial charge < -0.3 is 10.6 Å². The van der Waals surface area contributed by atoms with Crippen LogP contribution in [-0.4, -0.2) is 48.6 Å². The molecule has 3 atom stereocenters. The molecule has 0 radical (unpaired) electrons. The number of hydrogen-bond acceptors (Lipinski definition) is 2. The van der Waals surface area contributed by atoms with E-state index in [0.29, 0.717) is 18.0 Å². The van der Waals surface area contributed by atoms with Gasteiger partial charge in [-0.15, -0.1) is 0 Å². The molecule has 0 bridgehead atoms. The van der Waals surface area contributed by atoms with E-state index in [1.807, 2.05) is 0 Å². The van der Waals surface area contributed by atoms with Crippen molar-refractivity contribution >= 4 is 5.96 Å². The molecule has 2 saturated carbocycles. The lowest BCUT2D eigenvalue weighted by molar-refractivity contribution is 0.242. The maximum atomic E-state index is 4.69. The van der Waals surface area contributed by atoms with Gasteiger partial charge in [0.25, 0.3) is 0 Å². The fourth-order valence-electron chi connectivity index (χ4n) is 4.59. The summed E-state index contributed by atoms with van der Waals surface area (Å²) in [5.41, 5.74) is 1.45. The topological polar surface area (TPSA) is 39.7 Å². The number of nitrogens with one attached hydrogen (secondary N) is 2. The molecular weight excluding hydrogens is 308 g/mol. The molecule has 0 spiro atoms. The molecule has 3 aliphatic rings. The first-order chi connectivity index (χ1) is 12.3. The summed E-state index contributed by atoms with van der Waals surface area (Å²) in [5, 5.41) is 7.38. The summed E-state index contributed by atoms with van der Waals surface area (Å²) in [5.74, 6) is 1.66. The van der Waals surface area contributed by atoms with E-state index in [1.54, 1.807) is 0 Å². The number of nitrogens with zero attached hydrogens (tertiary/aromatic N) is 2. The molecule has 1 heterocycles. The standard InChI is InChI=1S/C21H32N4/c1-2-22-21(24-20-14-19(20)16-8-4-3-5-9-16)23-17-12-13-25(15-17)18-10-6-7-11-18/h3-5,8-9,17-20H,2,6-7,10-15H2,1H3,(H2,22,23,24). The second-order valence-electron chi connectivity index (χ2n) is 7.89. The van der Waals surface area contributed by atoms with Crippen LogP contribution < -0.4 is 10.6 Å². The zero-order chi connectivity index (χ0) is 17.1. The lowest BCUT2D eigenvalue weighted by Gasteiger charge is -2.24. The minimum absolute atomic E-state index is 0.535. The van der Waals surface area contributed by atoms with Gasteiger partial charge in [-0.25, -0.2) is 0 Å². The van der Waals surface area contributed by atoms with Gasteiger partial charge in [-0.3, -0.25) is 9.89 Å². The summed E-state index contributed by atoms with van der Waals surface area (Å²) in [4.78, 5) is 7.40. The number of likely N-dealkylation sites (tertiary alicyclic amines) is 1. The molecule has 136 valence electrons. The predicted molar refractivity (Wildman–Crippen MR) is 104 cm³/mol. The fourth-order valence-corrected chi connectivity index (χ4v) is 4.59. The molecule has 1 aliphatic heterocycles. The molecule has 4 heteroatoms. The van der Waals surface area contributed by atoms with Crippen molar-refractivity contribution in [2.24, 2.45) is 4.99 Å². The first-order valence-electron chi connectivity index (χ1n) is 10.2. The third-order valence-corrected chi connectivity index (χ3v) is 6.06. The molecular formula is C21H32N4. The van der Waals surface area contributed by atoms with E-state index in [2.05, 4.69) is 52.8 Å². The van der Waals surface area contributed by atoms with Gasteiger partial charge in [-0.2, -0.15) is 0 Å². The Morgan fingerprint density at radius 2 is 1.92 bits per heavy atom. The van der Waals surface area contributed by atoms with Crippen molar-refractivity contribution in [1.82, 2.24) is 15.5 Å². The molecule has 0 amide bonds. The highest BCUT2D eigenvalue weighted by Gasteiger charge is 2.39. The average Bonchev–Trinajstić information content (AvgIpc) is 3.03. The van der Waals surface area contributed by atoms with Crippen LogP contribution in [0, 0.1) is 0 Å². The molecule has 2 N–H and O–H groups in total. The third-order valence-electron chi connectivity index (χ3n) is 6.06. The van der Waals surface area contributed by atoms with Crippen LogP contribution in [0.5, 0.6) is 0 Å². The summed E-state index contributed by atoms with van der Waals surface area (Å²) >= 11 is 0. The van der Waals surface area contributed by atoms with E-state index in [4.69, 9.17) is 4.99 Å². The molecule has 4 rings (SSSR count). The Morgan fingerprint density at radius 1 is 1.12 bits per heavy atom. The Balaban J connectivity index is 1.28. The Kier molecular flexibility index (Phi) is 5.25. The van der Waals surface area contributed by atoms with E-state index in [1.165, 1.54) is 57.2 Å². The van der Waals surface area contributed by atoms with Crippen LogP contribution in [0.2, 0.25) is 0 Å². The smallest absolute Gasteiger partial charge is 0.191 e. The van der Waals surface area contributed by atoms with Gasteiger partial charge in [0, 0.05) is 43.7 Å². The summed E-state index contributed by atoms with van der Waals surface area (Å²) in [6.45, 7) is 5.38. The van der Waals surface area contributed by atoms with Gasteiger partial charge in [-0.1, -0.05) is 43.2 Å². The van der Waals surface area contributed by atoms with Crippen LogP contribution in [0.15, 0.2) is 35.3 Å². The zero-order valence-electron chi connectivity index (χ0n) is 15.5. The van der Waals surface area contributed by atoms with Crippen LogP contribution in [-0.2, 0) is 0 Å². The van der Waals surface area contributed by atoms with Crippen LogP contribution >= 0.6 is 0 Å². The summed E-state index contributed by atoms with van der Waals surface area (Å²) in [7, 11) is 0. The van der Waals surface area contributed by atoms with Crippen molar-refractivity contribution in [2.75, 3.05) is 19.6 Å². The Hall–Kier alpha value is -1.55. The SMILES string of the molecule is CCN=C(NC1CCN(C2CCCC2)C1)NC1CC1c1ccccc1. The second kappa shape index (κ2) is 7.77. The first kappa shape index (κ1) is 16.9. The zero-order valence-corrected chi connectivity index (χ0v) is 15.5. The van der Waals surface area contributed by atoms with Gasteiger partial charge in [0.2, 0.25) is 0 Å². The van der Waals surface area contributed by atoms with Crippen molar-refractivity contribution in [2.45, 2.75) is 69.5 Å². The lowest BCUT2D eigenvalue weighted by Crippen LogP contribution is -2.46. The van der Waals surface area contributed by atoms with Crippen molar-refractivity contribution < 1.29 is 0 Å².